The lowest BCUT2D eigenvalue weighted by Crippen LogP contribution is -1.85. The minimum Gasteiger partial charge on any atom is -0.357 e. The van der Waals surface area contributed by atoms with E-state index in [4.69, 9.17) is 0 Å². The van der Waals surface area contributed by atoms with E-state index in [1.165, 1.54) is 6.33 Å². The molecule has 0 atom stereocenters. The van der Waals surface area contributed by atoms with Crippen LogP contribution in [0.5, 0.6) is 0 Å². The highest BCUT2D eigenvalue weighted by Crippen LogP contribution is 2.00. The van der Waals surface area contributed by atoms with Crippen molar-refractivity contribution >= 4 is 0 Å². The molecule has 1 N–H and O–H groups in total. The van der Waals surface area contributed by atoms with E-state index >= 15 is 0 Å². The fourth-order valence-corrected chi connectivity index (χ4v) is 2.31. The molecular formula is C26H42N22. The van der Waals surface area contributed by atoms with Crippen molar-refractivity contribution in [3.63, 3.8) is 0 Å². The Morgan fingerprint density at radius 2 is 1.31 bits per heavy atom. The largest absolute Gasteiger partial charge is 0.357 e. The maximum absolute atomic E-state index is 3.83. The second-order valence-electron chi connectivity index (χ2n) is 9.03. The van der Waals surface area contributed by atoms with Gasteiger partial charge in [0.15, 0.2) is 12.0 Å². The van der Waals surface area contributed by atoms with Crippen molar-refractivity contribution in [3.8, 4) is 0 Å². The molecule has 22 heteroatoms. The lowest BCUT2D eigenvalue weighted by molar-refractivity contribution is 0.715. The van der Waals surface area contributed by atoms with E-state index in [0.717, 1.165) is 0 Å². The summed E-state index contributed by atoms with van der Waals surface area (Å²) in [6, 6.07) is 5.89. The summed E-state index contributed by atoms with van der Waals surface area (Å²) in [5.74, 6) is 0.676. The first kappa shape index (κ1) is 39.4. The molecule has 8 heterocycles. The molecule has 7 aromatic rings. The normalized spacial score (nSPS) is 10.2. The molecule has 0 spiro atoms. The number of hydrogen-bond acceptors (Lipinski definition) is 15. The van der Waals surface area contributed by atoms with Crippen LogP contribution in [-0.2, 0) is 42.3 Å². The van der Waals surface area contributed by atoms with E-state index in [9.17, 15) is 0 Å². The number of imidazole rings is 1. The Labute approximate surface area is 277 Å². The number of aryl methyl sites for hydroxylation is 7. The van der Waals surface area contributed by atoms with Gasteiger partial charge in [-0.15, -0.1) is 35.7 Å². The maximum atomic E-state index is 3.83. The summed E-state index contributed by atoms with van der Waals surface area (Å²) in [5.41, 5.74) is 0. The first-order valence-corrected chi connectivity index (χ1v) is 14.0. The molecule has 8 rings (SSSR count). The molecule has 256 valence electrons. The van der Waals surface area contributed by atoms with Crippen molar-refractivity contribution in [3.05, 3.63) is 105 Å². The number of H-pyrrole nitrogens is 1. The average molecular weight is 663 g/mol. The summed E-state index contributed by atoms with van der Waals surface area (Å²) >= 11 is 0. The molecule has 0 amide bonds. The second-order valence-corrected chi connectivity index (χ2v) is 9.03. The molecular weight excluding hydrogens is 620 g/mol. The Morgan fingerprint density at radius 3 is 1.48 bits per heavy atom. The number of hydrogen-bond donors (Lipinski definition) is 1. The van der Waals surface area contributed by atoms with Gasteiger partial charge in [0.2, 0.25) is 0 Å². The maximum Gasteiger partial charge on any atom is 0.182 e. The van der Waals surface area contributed by atoms with Gasteiger partial charge in [-0.25, -0.2) is 9.97 Å². The number of nitrogens with zero attached hydrogens (tertiary/aromatic N) is 21. The zero-order valence-electron chi connectivity index (χ0n) is 28.2. The lowest BCUT2D eigenvalue weighted by atomic mass is 10.7. The molecule has 0 radical (unpaired) electrons. The predicted molar refractivity (Wildman–Crippen MR) is 173 cm³/mol. The van der Waals surface area contributed by atoms with Gasteiger partial charge in [-0.05, 0) is 42.5 Å². The number of nitrogens with one attached hydrogen (secondary N) is 1. The fraction of sp³-hybridized carbons (Fsp3) is 0.346. The van der Waals surface area contributed by atoms with Gasteiger partial charge < -0.3 is 13.7 Å². The molecule has 1 aliphatic heterocycles. The minimum absolute atomic E-state index is 0.0370. The molecule has 0 bridgehead atoms. The molecule has 0 saturated heterocycles. The molecule has 0 aromatic carbocycles. The third-order valence-electron chi connectivity index (χ3n) is 4.57. The van der Waals surface area contributed by atoms with Crippen molar-refractivity contribution in [2.45, 2.75) is 20.0 Å². The highest BCUT2D eigenvalue weighted by Gasteiger charge is 1.96. The Bertz CT molecular complexity index is 1290. The van der Waals surface area contributed by atoms with Crippen molar-refractivity contribution in [1.29, 1.82) is 0 Å². The summed E-state index contributed by atoms with van der Waals surface area (Å²) in [5, 5.41) is 48.0. The smallest absolute Gasteiger partial charge is 0.182 e. The number of aromatic amines is 1. The van der Waals surface area contributed by atoms with Crippen molar-refractivity contribution in [2.75, 3.05) is 0 Å². The Balaban J connectivity index is 0.000000274. The van der Waals surface area contributed by atoms with Gasteiger partial charge in [0.1, 0.15) is 25.3 Å². The summed E-state index contributed by atoms with van der Waals surface area (Å²) in [6.07, 6.45) is 22.8. The van der Waals surface area contributed by atoms with E-state index in [1.54, 1.807) is 75.6 Å². The second kappa shape index (κ2) is 25.7. The summed E-state index contributed by atoms with van der Waals surface area (Å²) in [6.45, 7) is 3.59. The van der Waals surface area contributed by atoms with Gasteiger partial charge in [0.05, 0.1) is 12.5 Å². The summed E-state index contributed by atoms with van der Waals surface area (Å²) in [4.78, 5) is 7.46. The Morgan fingerprint density at radius 1 is 0.604 bits per heavy atom. The first-order chi connectivity index (χ1) is 23.2. The molecule has 1 aliphatic rings. The Hall–Kier alpha value is -6.61. The van der Waals surface area contributed by atoms with Gasteiger partial charge >= 0.3 is 0 Å². The van der Waals surface area contributed by atoms with E-state index in [1.807, 2.05) is 101 Å². The van der Waals surface area contributed by atoms with Crippen molar-refractivity contribution < 1.29 is 0 Å². The molecule has 7 aromatic heterocycles. The van der Waals surface area contributed by atoms with Crippen LogP contribution in [0.25, 0.3) is 0 Å². The van der Waals surface area contributed by atoms with Gasteiger partial charge in [0.25, 0.3) is 0 Å². The highest BCUT2D eigenvalue weighted by atomic mass is 15.6. The zero-order chi connectivity index (χ0) is 35.2. The molecule has 0 fully saturated rings. The summed E-state index contributed by atoms with van der Waals surface area (Å²) < 4.78 is 10.7. The van der Waals surface area contributed by atoms with Crippen LogP contribution in [0.2, 0.25) is 0 Å². The van der Waals surface area contributed by atoms with Gasteiger partial charge in [-0.1, -0.05) is 10.4 Å². The fourth-order valence-electron chi connectivity index (χ4n) is 2.31. The van der Waals surface area contributed by atoms with Crippen LogP contribution in [0.15, 0.2) is 120 Å². The van der Waals surface area contributed by atoms with Crippen molar-refractivity contribution in [1.82, 2.24) is 89.0 Å². The molecule has 48 heavy (non-hydrogen) atoms. The van der Waals surface area contributed by atoms with Crippen molar-refractivity contribution in [2.24, 2.45) is 63.0 Å². The van der Waals surface area contributed by atoms with Crippen LogP contribution in [0.4, 0.5) is 0 Å². The standard InChI is InChI=1S/C5H7N.2C4H6N2.3C3H5N3.2C2H4N4/c1-6-4-2-3-5-6;1-6-3-2-5-4-6;1-6-4-2-3-5-6;1-6-2-4-5-3-6;1-6-3-4-2-5-6;1-6-3-2-4-5-6;2*1-2-3-5-6-4-2/h2-5H,1H3;2*2-4H,1H3;3*2-3H,1H3;1H3,(H,3,4,5,6);2H,1H3. The van der Waals surface area contributed by atoms with Crippen LogP contribution in [0.1, 0.15) is 12.7 Å². The van der Waals surface area contributed by atoms with E-state index in [0.29, 0.717) is 5.82 Å². The van der Waals surface area contributed by atoms with Crippen LogP contribution in [-0.4, -0.2) is 95.2 Å². The topological polar surface area (TPSA) is 237 Å². The van der Waals surface area contributed by atoms with E-state index < -0.39 is 0 Å². The van der Waals surface area contributed by atoms with Gasteiger partial charge in [-0.3, -0.25) is 14.0 Å². The number of aromatic nitrogens is 18. The van der Waals surface area contributed by atoms with E-state index in [-0.39, 0.29) is 6.17 Å². The molecule has 0 unspecified atom stereocenters. The van der Waals surface area contributed by atoms with Crippen LogP contribution in [0.3, 0.4) is 0 Å². The summed E-state index contributed by atoms with van der Waals surface area (Å²) in [7, 11) is 11.4. The highest BCUT2D eigenvalue weighted by molar-refractivity contribution is 4.88. The first-order valence-electron chi connectivity index (χ1n) is 14.0. The SMILES string of the molecule is CC1N=NN=N1.Cc1nn[nH]n1.Cn1cccc1.Cn1cccn1.Cn1ccnc1.Cn1ccnn1.Cn1cncn1.Cn1cnnc1. The van der Waals surface area contributed by atoms with Gasteiger partial charge in [0, 0.05) is 85.7 Å². The monoisotopic (exact) mass is 662 g/mol. The van der Waals surface area contributed by atoms with Crippen LogP contribution in [0, 0.1) is 6.92 Å². The minimum atomic E-state index is -0.0370. The molecule has 0 aliphatic carbocycles. The molecule has 22 nitrogen and oxygen atoms in total. The molecule has 0 saturated carbocycles. The third-order valence-corrected chi connectivity index (χ3v) is 4.57. The zero-order valence-corrected chi connectivity index (χ0v) is 28.2. The Kier molecular flexibility index (Phi) is 21.1. The van der Waals surface area contributed by atoms with Gasteiger partial charge in [-0.2, -0.15) is 15.4 Å². The number of tetrazole rings is 1. The third kappa shape index (κ3) is 23.8. The quantitative estimate of drug-likeness (QED) is 0.246. The average Bonchev–Trinajstić information content (AvgIpc) is 3.87. The van der Waals surface area contributed by atoms with E-state index in [2.05, 4.69) is 82.0 Å². The number of rotatable bonds is 0. The van der Waals surface area contributed by atoms with Crippen LogP contribution >= 0.6 is 0 Å². The predicted octanol–water partition coefficient (Wildman–Crippen LogP) is 1.98. The lowest BCUT2D eigenvalue weighted by Gasteiger charge is -1.79. The van der Waals surface area contributed by atoms with Crippen LogP contribution < -0.4 is 0 Å².